The highest BCUT2D eigenvalue weighted by Gasteiger charge is 2.25. The molecule has 1 fully saturated rings. The van der Waals surface area contributed by atoms with Gasteiger partial charge >= 0.3 is 5.97 Å². The quantitative estimate of drug-likeness (QED) is 0.744. The molecule has 1 aliphatic heterocycles. The zero-order chi connectivity index (χ0) is 14.0. The van der Waals surface area contributed by atoms with Crippen molar-refractivity contribution >= 4 is 17.8 Å². The highest BCUT2D eigenvalue weighted by molar-refractivity contribution is 5.95. The molecule has 1 aromatic rings. The number of amides is 2. The van der Waals surface area contributed by atoms with Crippen LogP contribution in [0.3, 0.4) is 0 Å². The van der Waals surface area contributed by atoms with Crippen LogP contribution in [0.2, 0.25) is 0 Å². The molecule has 102 valence electrons. The Morgan fingerprint density at radius 1 is 1.21 bits per heavy atom. The number of hydrogen-bond acceptors (Lipinski definition) is 4. The molecule has 0 radical (unpaired) electrons. The summed E-state index contributed by atoms with van der Waals surface area (Å²) >= 11 is 0. The Morgan fingerprint density at radius 2 is 1.79 bits per heavy atom. The smallest absolute Gasteiger partial charge is 0.353 e. The number of rotatable bonds is 2. The summed E-state index contributed by atoms with van der Waals surface area (Å²) in [5.41, 5.74) is -0.0422. The fourth-order valence-corrected chi connectivity index (χ4v) is 1.93. The van der Waals surface area contributed by atoms with E-state index in [0.29, 0.717) is 26.2 Å². The first-order valence-corrected chi connectivity index (χ1v) is 5.82. The van der Waals surface area contributed by atoms with E-state index in [1.54, 1.807) is 9.80 Å². The lowest BCUT2D eigenvalue weighted by Gasteiger charge is -2.33. The van der Waals surface area contributed by atoms with Crippen LogP contribution in [0.4, 0.5) is 0 Å². The molecule has 0 unspecified atom stereocenters. The molecule has 2 rings (SSSR count). The van der Waals surface area contributed by atoms with Crippen molar-refractivity contribution in [3.63, 3.8) is 0 Å². The lowest BCUT2D eigenvalue weighted by molar-refractivity contribution is -0.130. The Balaban J connectivity index is 2.01. The van der Waals surface area contributed by atoms with Crippen LogP contribution in [0.15, 0.2) is 6.07 Å². The predicted octanol–water partition coefficient (Wildman–Crippen LogP) is -0.588. The van der Waals surface area contributed by atoms with Crippen molar-refractivity contribution in [2.75, 3.05) is 26.2 Å². The Morgan fingerprint density at radius 3 is 2.26 bits per heavy atom. The lowest BCUT2D eigenvalue weighted by Crippen LogP contribution is -2.50. The minimum absolute atomic E-state index is 0.0139. The molecule has 0 atom stereocenters. The van der Waals surface area contributed by atoms with E-state index >= 15 is 0 Å². The SMILES string of the molecule is CC(=O)N1CCN(C(=O)c2cc(C(=O)O)[nH]n2)CC1. The lowest BCUT2D eigenvalue weighted by atomic mass is 10.2. The summed E-state index contributed by atoms with van der Waals surface area (Å²) in [5, 5.41) is 14.7. The Bertz CT molecular complexity index is 517. The third-order valence-corrected chi connectivity index (χ3v) is 3.04. The molecule has 0 bridgehead atoms. The van der Waals surface area contributed by atoms with Crippen LogP contribution in [-0.2, 0) is 4.79 Å². The standard InChI is InChI=1S/C11H14N4O4/c1-7(16)14-2-4-15(5-3-14)10(17)8-6-9(11(18)19)13-12-8/h6H,2-5H2,1H3,(H,12,13)(H,18,19). The van der Waals surface area contributed by atoms with Crippen LogP contribution >= 0.6 is 0 Å². The molecule has 8 nitrogen and oxygen atoms in total. The van der Waals surface area contributed by atoms with Crippen molar-refractivity contribution in [1.82, 2.24) is 20.0 Å². The van der Waals surface area contributed by atoms with Crippen molar-refractivity contribution in [1.29, 1.82) is 0 Å². The van der Waals surface area contributed by atoms with E-state index in [4.69, 9.17) is 5.11 Å². The molecule has 0 aliphatic carbocycles. The van der Waals surface area contributed by atoms with Crippen molar-refractivity contribution in [2.45, 2.75) is 6.92 Å². The Kier molecular flexibility index (Phi) is 3.50. The Hall–Kier alpha value is -2.38. The van der Waals surface area contributed by atoms with Gasteiger partial charge in [0.05, 0.1) is 0 Å². The molecule has 8 heteroatoms. The number of nitrogens with zero attached hydrogens (tertiary/aromatic N) is 3. The number of carboxylic acid groups (broad SMARTS) is 1. The first-order valence-electron chi connectivity index (χ1n) is 5.82. The molecule has 2 heterocycles. The van der Waals surface area contributed by atoms with Crippen LogP contribution in [0.25, 0.3) is 0 Å². The first kappa shape index (κ1) is 13.1. The summed E-state index contributed by atoms with van der Waals surface area (Å²) in [5.74, 6) is -1.50. The summed E-state index contributed by atoms with van der Waals surface area (Å²) in [4.78, 5) is 37.1. The summed E-state index contributed by atoms with van der Waals surface area (Å²) in [6.45, 7) is 3.31. The highest BCUT2D eigenvalue weighted by Crippen LogP contribution is 2.08. The van der Waals surface area contributed by atoms with Gasteiger partial charge in [-0.25, -0.2) is 4.79 Å². The second-order valence-electron chi connectivity index (χ2n) is 4.27. The van der Waals surface area contributed by atoms with Gasteiger partial charge in [0.15, 0.2) is 5.69 Å². The van der Waals surface area contributed by atoms with Crippen LogP contribution in [0, 0.1) is 0 Å². The van der Waals surface area contributed by atoms with Gasteiger partial charge in [0, 0.05) is 39.2 Å². The molecule has 2 N–H and O–H groups in total. The van der Waals surface area contributed by atoms with Crippen LogP contribution < -0.4 is 0 Å². The molecular formula is C11H14N4O4. The van der Waals surface area contributed by atoms with Crippen LogP contribution in [0.5, 0.6) is 0 Å². The van der Waals surface area contributed by atoms with E-state index in [2.05, 4.69) is 10.2 Å². The average Bonchev–Trinajstić information content (AvgIpc) is 2.87. The molecular weight excluding hydrogens is 252 g/mol. The maximum atomic E-state index is 12.1. The molecule has 19 heavy (non-hydrogen) atoms. The van der Waals surface area contributed by atoms with Crippen LogP contribution in [0.1, 0.15) is 27.9 Å². The van der Waals surface area contributed by atoms with Gasteiger partial charge in [0.2, 0.25) is 5.91 Å². The third kappa shape index (κ3) is 2.72. The van der Waals surface area contributed by atoms with Gasteiger partial charge in [-0.3, -0.25) is 14.7 Å². The number of piperazine rings is 1. The van der Waals surface area contributed by atoms with E-state index < -0.39 is 5.97 Å². The van der Waals surface area contributed by atoms with E-state index in [-0.39, 0.29) is 23.2 Å². The van der Waals surface area contributed by atoms with Gasteiger partial charge < -0.3 is 14.9 Å². The third-order valence-electron chi connectivity index (χ3n) is 3.04. The number of aromatic nitrogens is 2. The number of carbonyl (C=O) groups excluding carboxylic acids is 2. The summed E-state index contributed by atoms with van der Waals surface area (Å²) in [6.07, 6.45) is 0. The van der Waals surface area contributed by atoms with Crippen LogP contribution in [-0.4, -0.2) is 69.1 Å². The van der Waals surface area contributed by atoms with Gasteiger partial charge in [0.1, 0.15) is 5.69 Å². The minimum Gasteiger partial charge on any atom is -0.477 e. The summed E-state index contributed by atoms with van der Waals surface area (Å²) in [6, 6.07) is 1.21. The molecule has 1 saturated heterocycles. The predicted molar refractivity (Wildman–Crippen MR) is 63.7 cm³/mol. The maximum Gasteiger partial charge on any atom is 0.353 e. The number of carbonyl (C=O) groups is 3. The van der Waals surface area contributed by atoms with E-state index in [0.717, 1.165) is 0 Å². The molecule has 0 spiro atoms. The van der Waals surface area contributed by atoms with Crippen molar-refractivity contribution in [3.05, 3.63) is 17.5 Å². The minimum atomic E-state index is -1.16. The highest BCUT2D eigenvalue weighted by atomic mass is 16.4. The van der Waals surface area contributed by atoms with Crippen molar-refractivity contribution in [3.8, 4) is 0 Å². The van der Waals surface area contributed by atoms with Gasteiger partial charge in [-0.05, 0) is 0 Å². The molecule has 0 saturated carbocycles. The van der Waals surface area contributed by atoms with Gasteiger partial charge in [-0.2, -0.15) is 5.10 Å². The van der Waals surface area contributed by atoms with Crippen molar-refractivity contribution < 1.29 is 19.5 Å². The van der Waals surface area contributed by atoms with Gasteiger partial charge in [-0.15, -0.1) is 0 Å². The number of aromatic carboxylic acids is 1. The number of aromatic amines is 1. The monoisotopic (exact) mass is 266 g/mol. The first-order chi connectivity index (χ1) is 8.99. The zero-order valence-electron chi connectivity index (χ0n) is 10.4. The van der Waals surface area contributed by atoms with E-state index in [9.17, 15) is 14.4 Å². The molecule has 1 aliphatic rings. The topological polar surface area (TPSA) is 107 Å². The van der Waals surface area contributed by atoms with Gasteiger partial charge in [-0.1, -0.05) is 0 Å². The van der Waals surface area contributed by atoms with Gasteiger partial charge in [0.25, 0.3) is 5.91 Å². The number of nitrogens with one attached hydrogen (secondary N) is 1. The number of carboxylic acids is 1. The largest absolute Gasteiger partial charge is 0.477 e. The zero-order valence-corrected chi connectivity index (χ0v) is 10.4. The summed E-state index contributed by atoms with van der Waals surface area (Å²) < 4.78 is 0. The van der Waals surface area contributed by atoms with E-state index in [1.807, 2.05) is 0 Å². The Labute approximate surface area is 109 Å². The molecule has 2 amide bonds. The number of hydrogen-bond donors (Lipinski definition) is 2. The second-order valence-corrected chi connectivity index (χ2v) is 4.27. The summed E-state index contributed by atoms with van der Waals surface area (Å²) in [7, 11) is 0. The fraction of sp³-hybridized carbons (Fsp3) is 0.455. The van der Waals surface area contributed by atoms with Crippen molar-refractivity contribution in [2.24, 2.45) is 0 Å². The molecule has 0 aromatic carbocycles. The fourth-order valence-electron chi connectivity index (χ4n) is 1.93. The number of H-pyrrole nitrogens is 1. The maximum absolute atomic E-state index is 12.1. The average molecular weight is 266 g/mol. The normalized spacial score (nSPS) is 15.4. The van der Waals surface area contributed by atoms with E-state index in [1.165, 1.54) is 13.0 Å². The molecule has 1 aromatic heterocycles. The second kappa shape index (κ2) is 5.09.